The molecule has 1 heterocycles. The van der Waals surface area contributed by atoms with Gasteiger partial charge in [-0.3, -0.25) is 4.90 Å². The van der Waals surface area contributed by atoms with Gasteiger partial charge in [0.25, 0.3) is 0 Å². The molecule has 0 bridgehead atoms. The van der Waals surface area contributed by atoms with Gasteiger partial charge in [-0.1, -0.05) is 52.9 Å². The Balaban J connectivity index is 2.04. The van der Waals surface area contributed by atoms with Gasteiger partial charge < -0.3 is 5.32 Å². The van der Waals surface area contributed by atoms with Crippen LogP contribution in [0.1, 0.15) is 72.1 Å². The van der Waals surface area contributed by atoms with E-state index in [4.69, 9.17) is 0 Å². The Morgan fingerprint density at radius 3 is 2.37 bits per heavy atom. The van der Waals surface area contributed by atoms with Gasteiger partial charge in [0.05, 0.1) is 0 Å². The molecule has 1 N–H and O–H groups in total. The minimum atomic E-state index is 0.726. The summed E-state index contributed by atoms with van der Waals surface area (Å²) in [6.07, 6.45) is 11.3. The SMILES string of the molecule is CCC1CN(C2CCCCCC2)C(C(C)CC)CN1. The van der Waals surface area contributed by atoms with E-state index in [2.05, 4.69) is 31.0 Å². The van der Waals surface area contributed by atoms with Crippen LogP contribution in [0.5, 0.6) is 0 Å². The van der Waals surface area contributed by atoms with E-state index in [1.165, 1.54) is 64.5 Å². The first-order chi connectivity index (χ1) is 9.26. The Bertz CT molecular complexity index is 246. The molecule has 3 unspecified atom stereocenters. The first kappa shape index (κ1) is 15.3. The van der Waals surface area contributed by atoms with Crippen molar-refractivity contribution in [1.29, 1.82) is 0 Å². The monoisotopic (exact) mass is 266 g/mol. The van der Waals surface area contributed by atoms with Crippen LogP contribution in [0.15, 0.2) is 0 Å². The topological polar surface area (TPSA) is 15.3 Å². The Hall–Kier alpha value is -0.0800. The highest BCUT2D eigenvalue weighted by Gasteiger charge is 2.34. The van der Waals surface area contributed by atoms with Gasteiger partial charge in [-0.05, 0) is 25.2 Å². The van der Waals surface area contributed by atoms with Gasteiger partial charge in [0.15, 0.2) is 0 Å². The summed E-state index contributed by atoms with van der Waals surface area (Å²) in [7, 11) is 0. The number of nitrogens with one attached hydrogen (secondary N) is 1. The van der Waals surface area contributed by atoms with Crippen LogP contribution >= 0.6 is 0 Å². The average molecular weight is 266 g/mol. The molecule has 3 atom stereocenters. The first-order valence-electron chi connectivity index (χ1n) is 8.75. The van der Waals surface area contributed by atoms with Crippen molar-refractivity contribution in [3.8, 4) is 0 Å². The van der Waals surface area contributed by atoms with Crippen LogP contribution in [-0.2, 0) is 0 Å². The van der Waals surface area contributed by atoms with Gasteiger partial charge in [-0.15, -0.1) is 0 Å². The van der Waals surface area contributed by atoms with E-state index in [-0.39, 0.29) is 0 Å². The number of hydrogen-bond donors (Lipinski definition) is 1. The average Bonchev–Trinajstić information content (AvgIpc) is 2.74. The molecule has 2 aliphatic rings. The molecular weight excluding hydrogens is 232 g/mol. The Kier molecular flexibility index (Phi) is 6.15. The highest BCUT2D eigenvalue weighted by molar-refractivity contribution is 4.92. The Morgan fingerprint density at radius 2 is 1.79 bits per heavy atom. The largest absolute Gasteiger partial charge is 0.311 e. The maximum Gasteiger partial charge on any atom is 0.0249 e. The predicted octanol–water partition coefficient (Wildman–Crippen LogP) is 3.81. The number of nitrogens with zero attached hydrogens (tertiary/aromatic N) is 1. The molecule has 112 valence electrons. The molecule has 1 saturated carbocycles. The fourth-order valence-electron chi connectivity index (χ4n) is 3.94. The molecule has 2 heteroatoms. The summed E-state index contributed by atoms with van der Waals surface area (Å²) in [5, 5.41) is 3.78. The summed E-state index contributed by atoms with van der Waals surface area (Å²) in [6.45, 7) is 9.62. The molecule has 19 heavy (non-hydrogen) atoms. The minimum absolute atomic E-state index is 0.726. The van der Waals surface area contributed by atoms with E-state index in [1.807, 2.05) is 0 Å². The lowest BCUT2D eigenvalue weighted by Gasteiger charge is -2.47. The van der Waals surface area contributed by atoms with Crippen molar-refractivity contribution in [2.75, 3.05) is 13.1 Å². The quantitative estimate of drug-likeness (QED) is 0.779. The van der Waals surface area contributed by atoms with Crippen LogP contribution in [0, 0.1) is 5.92 Å². The van der Waals surface area contributed by atoms with Crippen LogP contribution in [0.4, 0.5) is 0 Å². The van der Waals surface area contributed by atoms with Crippen molar-refractivity contribution in [2.45, 2.75) is 90.3 Å². The van der Waals surface area contributed by atoms with E-state index >= 15 is 0 Å². The third kappa shape index (κ3) is 3.95. The van der Waals surface area contributed by atoms with Gasteiger partial charge in [0.1, 0.15) is 0 Å². The molecule has 2 nitrogen and oxygen atoms in total. The Morgan fingerprint density at radius 1 is 1.11 bits per heavy atom. The van der Waals surface area contributed by atoms with Gasteiger partial charge in [-0.25, -0.2) is 0 Å². The number of rotatable bonds is 4. The number of hydrogen-bond acceptors (Lipinski definition) is 2. The van der Waals surface area contributed by atoms with Crippen molar-refractivity contribution in [3.63, 3.8) is 0 Å². The zero-order valence-electron chi connectivity index (χ0n) is 13.3. The molecule has 0 aromatic rings. The predicted molar refractivity (Wildman–Crippen MR) is 83.5 cm³/mol. The molecule has 2 fully saturated rings. The zero-order valence-corrected chi connectivity index (χ0v) is 13.3. The molecule has 0 aromatic heterocycles. The van der Waals surface area contributed by atoms with Crippen molar-refractivity contribution in [1.82, 2.24) is 10.2 Å². The van der Waals surface area contributed by atoms with Gasteiger partial charge in [-0.2, -0.15) is 0 Å². The van der Waals surface area contributed by atoms with Crippen LogP contribution < -0.4 is 5.32 Å². The molecular formula is C17H34N2. The third-order valence-corrected chi connectivity index (χ3v) is 5.56. The molecule has 0 aromatic carbocycles. The maximum atomic E-state index is 3.78. The molecule has 2 rings (SSSR count). The van der Waals surface area contributed by atoms with E-state index in [9.17, 15) is 0 Å². The minimum Gasteiger partial charge on any atom is -0.311 e. The van der Waals surface area contributed by atoms with Gasteiger partial charge >= 0.3 is 0 Å². The summed E-state index contributed by atoms with van der Waals surface area (Å²) in [5.41, 5.74) is 0. The summed E-state index contributed by atoms with van der Waals surface area (Å²) >= 11 is 0. The van der Waals surface area contributed by atoms with Crippen molar-refractivity contribution >= 4 is 0 Å². The van der Waals surface area contributed by atoms with E-state index in [0.29, 0.717) is 0 Å². The highest BCUT2D eigenvalue weighted by atomic mass is 15.3. The molecule has 0 spiro atoms. The summed E-state index contributed by atoms with van der Waals surface area (Å²) in [6, 6.07) is 2.37. The fourth-order valence-corrected chi connectivity index (χ4v) is 3.94. The number of piperazine rings is 1. The molecule has 1 aliphatic carbocycles. The van der Waals surface area contributed by atoms with Crippen LogP contribution in [0.25, 0.3) is 0 Å². The molecule has 1 aliphatic heterocycles. The highest BCUT2D eigenvalue weighted by Crippen LogP contribution is 2.28. The molecule has 0 amide bonds. The van der Waals surface area contributed by atoms with Crippen LogP contribution in [0.2, 0.25) is 0 Å². The third-order valence-electron chi connectivity index (χ3n) is 5.56. The molecule has 0 radical (unpaired) electrons. The fraction of sp³-hybridized carbons (Fsp3) is 1.00. The van der Waals surface area contributed by atoms with Gasteiger partial charge in [0.2, 0.25) is 0 Å². The van der Waals surface area contributed by atoms with E-state index in [1.54, 1.807) is 0 Å². The lowest BCUT2D eigenvalue weighted by atomic mass is 9.91. The van der Waals surface area contributed by atoms with Crippen LogP contribution in [0.3, 0.4) is 0 Å². The second-order valence-electron chi connectivity index (χ2n) is 6.81. The van der Waals surface area contributed by atoms with E-state index in [0.717, 1.165) is 24.0 Å². The van der Waals surface area contributed by atoms with Crippen molar-refractivity contribution < 1.29 is 0 Å². The second-order valence-corrected chi connectivity index (χ2v) is 6.81. The summed E-state index contributed by atoms with van der Waals surface area (Å²) in [4.78, 5) is 2.91. The zero-order chi connectivity index (χ0) is 13.7. The summed E-state index contributed by atoms with van der Waals surface area (Å²) in [5.74, 6) is 0.827. The van der Waals surface area contributed by atoms with Crippen LogP contribution in [-0.4, -0.2) is 36.1 Å². The maximum absolute atomic E-state index is 3.78. The Labute approximate surface area is 120 Å². The van der Waals surface area contributed by atoms with Crippen molar-refractivity contribution in [3.05, 3.63) is 0 Å². The lowest BCUT2D eigenvalue weighted by molar-refractivity contribution is 0.0427. The first-order valence-corrected chi connectivity index (χ1v) is 8.75. The second kappa shape index (κ2) is 7.64. The normalized spacial score (nSPS) is 33.0. The van der Waals surface area contributed by atoms with Gasteiger partial charge in [0, 0.05) is 31.2 Å². The lowest BCUT2D eigenvalue weighted by Crippen LogP contribution is -2.61. The standard InChI is InChI=1S/C17H34N2/c1-4-14(3)17-12-18-15(5-2)13-19(17)16-10-8-6-7-9-11-16/h14-18H,4-13H2,1-3H3. The van der Waals surface area contributed by atoms with E-state index < -0.39 is 0 Å². The van der Waals surface area contributed by atoms with Crippen molar-refractivity contribution in [2.24, 2.45) is 5.92 Å². The molecule has 1 saturated heterocycles. The smallest absolute Gasteiger partial charge is 0.0249 e. The summed E-state index contributed by atoms with van der Waals surface area (Å²) < 4.78 is 0.